The normalized spacial score (nSPS) is 14.5. The van der Waals surface area contributed by atoms with Gasteiger partial charge in [-0.05, 0) is 26.0 Å². The average Bonchev–Trinajstić information content (AvgIpc) is 2.96. The molecular formula is C14H14F3N3O2S. The van der Waals surface area contributed by atoms with Gasteiger partial charge in [0.05, 0.1) is 16.1 Å². The van der Waals surface area contributed by atoms with Crippen molar-refractivity contribution in [1.29, 1.82) is 0 Å². The standard InChI is InChI=1S/C14H14F3N3O2S/c1-7(11(18)21)23-8(2)13-19-12(20-22-13)9-4-3-5-10(6-9)14(15,16)17/h3-8H,1-2H3,(H2,18,21)/t7-,8-/m1/s1. The van der Waals surface area contributed by atoms with Crippen molar-refractivity contribution in [1.82, 2.24) is 10.1 Å². The van der Waals surface area contributed by atoms with Gasteiger partial charge in [-0.3, -0.25) is 4.79 Å². The van der Waals surface area contributed by atoms with E-state index in [1.54, 1.807) is 13.8 Å². The summed E-state index contributed by atoms with van der Waals surface area (Å²) < 4.78 is 43.2. The monoisotopic (exact) mass is 345 g/mol. The molecule has 1 amide bonds. The molecule has 0 aliphatic heterocycles. The van der Waals surface area contributed by atoms with Crippen molar-refractivity contribution < 1.29 is 22.5 Å². The van der Waals surface area contributed by atoms with Crippen LogP contribution in [-0.4, -0.2) is 21.3 Å². The Labute approximate surface area is 134 Å². The van der Waals surface area contributed by atoms with Gasteiger partial charge < -0.3 is 10.3 Å². The fourth-order valence-electron chi connectivity index (χ4n) is 1.78. The van der Waals surface area contributed by atoms with Gasteiger partial charge in [-0.1, -0.05) is 17.3 Å². The van der Waals surface area contributed by atoms with Crippen LogP contribution in [0.5, 0.6) is 0 Å². The Morgan fingerprint density at radius 3 is 2.65 bits per heavy atom. The van der Waals surface area contributed by atoms with E-state index in [4.69, 9.17) is 10.3 Å². The molecule has 0 spiro atoms. The Morgan fingerprint density at radius 2 is 2.04 bits per heavy atom. The van der Waals surface area contributed by atoms with Crippen LogP contribution in [0.1, 0.15) is 30.6 Å². The molecule has 2 atom stereocenters. The van der Waals surface area contributed by atoms with Gasteiger partial charge in [0.15, 0.2) is 0 Å². The Bertz CT molecular complexity index is 703. The number of amides is 1. The van der Waals surface area contributed by atoms with Crippen LogP contribution in [0.3, 0.4) is 0 Å². The molecular weight excluding hydrogens is 331 g/mol. The minimum Gasteiger partial charge on any atom is -0.369 e. The van der Waals surface area contributed by atoms with Crippen molar-refractivity contribution in [3.63, 3.8) is 0 Å². The summed E-state index contributed by atoms with van der Waals surface area (Å²) in [6, 6.07) is 4.67. The lowest BCUT2D eigenvalue weighted by atomic mass is 10.1. The predicted octanol–water partition coefficient (Wildman–Crippen LogP) is 3.42. The summed E-state index contributed by atoms with van der Waals surface area (Å²) >= 11 is 1.23. The molecule has 23 heavy (non-hydrogen) atoms. The summed E-state index contributed by atoms with van der Waals surface area (Å²) in [6.07, 6.45) is -4.44. The summed E-state index contributed by atoms with van der Waals surface area (Å²) in [5.41, 5.74) is 4.60. The van der Waals surface area contributed by atoms with E-state index in [9.17, 15) is 18.0 Å². The molecule has 2 aromatic rings. The van der Waals surface area contributed by atoms with Crippen LogP contribution in [0.2, 0.25) is 0 Å². The van der Waals surface area contributed by atoms with E-state index in [1.807, 2.05) is 0 Å². The SMILES string of the molecule is C[C@@H](S[C@H](C)c1nc(-c2cccc(C(F)(F)F)c2)no1)C(N)=O. The molecule has 9 heteroatoms. The lowest BCUT2D eigenvalue weighted by molar-refractivity contribution is -0.137. The minimum absolute atomic E-state index is 0.0604. The fraction of sp³-hybridized carbons (Fsp3) is 0.357. The van der Waals surface area contributed by atoms with E-state index >= 15 is 0 Å². The Hall–Kier alpha value is -2.03. The zero-order valence-electron chi connectivity index (χ0n) is 12.3. The van der Waals surface area contributed by atoms with Gasteiger partial charge in [0.25, 0.3) is 0 Å². The van der Waals surface area contributed by atoms with Crippen molar-refractivity contribution in [3.05, 3.63) is 35.7 Å². The molecule has 0 aliphatic rings. The van der Waals surface area contributed by atoms with E-state index in [-0.39, 0.29) is 22.5 Å². The smallest absolute Gasteiger partial charge is 0.369 e. The molecule has 5 nitrogen and oxygen atoms in total. The van der Waals surface area contributed by atoms with Gasteiger partial charge in [0, 0.05) is 5.56 Å². The number of thioether (sulfide) groups is 1. The summed E-state index contributed by atoms with van der Waals surface area (Å²) in [7, 11) is 0. The molecule has 1 heterocycles. The maximum absolute atomic E-state index is 12.7. The topological polar surface area (TPSA) is 82.0 Å². The second-order valence-electron chi connectivity index (χ2n) is 4.86. The number of halogens is 3. The number of benzene rings is 1. The second kappa shape index (κ2) is 6.61. The van der Waals surface area contributed by atoms with Crippen molar-refractivity contribution in [2.75, 3.05) is 0 Å². The first-order valence-corrected chi connectivity index (χ1v) is 7.58. The first-order chi connectivity index (χ1) is 10.7. The van der Waals surface area contributed by atoms with Gasteiger partial charge in [-0.2, -0.15) is 18.2 Å². The number of nitrogens with two attached hydrogens (primary N) is 1. The highest BCUT2D eigenvalue weighted by Gasteiger charge is 2.31. The largest absolute Gasteiger partial charge is 0.416 e. The molecule has 2 rings (SSSR count). The summed E-state index contributed by atoms with van der Waals surface area (Å²) in [5.74, 6) is -0.194. The average molecular weight is 345 g/mol. The first kappa shape index (κ1) is 17.3. The molecule has 2 N–H and O–H groups in total. The highest BCUT2D eigenvalue weighted by molar-refractivity contribution is 8.00. The zero-order chi connectivity index (χ0) is 17.2. The molecule has 0 bridgehead atoms. The second-order valence-corrected chi connectivity index (χ2v) is 6.54. The number of carbonyl (C=O) groups excluding carboxylic acids is 1. The quantitative estimate of drug-likeness (QED) is 0.898. The highest BCUT2D eigenvalue weighted by Crippen LogP contribution is 2.33. The van der Waals surface area contributed by atoms with Crippen molar-refractivity contribution >= 4 is 17.7 Å². The number of alkyl halides is 3. The van der Waals surface area contributed by atoms with Crippen LogP contribution >= 0.6 is 11.8 Å². The van der Waals surface area contributed by atoms with Crippen LogP contribution < -0.4 is 5.73 Å². The van der Waals surface area contributed by atoms with E-state index < -0.39 is 22.9 Å². The van der Waals surface area contributed by atoms with Crippen LogP contribution in [0.15, 0.2) is 28.8 Å². The molecule has 0 aliphatic carbocycles. The van der Waals surface area contributed by atoms with Crippen LogP contribution in [0.25, 0.3) is 11.4 Å². The Morgan fingerprint density at radius 1 is 1.35 bits per heavy atom. The van der Waals surface area contributed by atoms with Crippen molar-refractivity contribution in [2.45, 2.75) is 30.5 Å². The van der Waals surface area contributed by atoms with Crippen LogP contribution in [-0.2, 0) is 11.0 Å². The number of hydrogen-bond acceptors (Lipinski definition) is 5. The number of rotatable bonds is 5. The third-order valence-corrected chi connectivity index (χ3v) is 4.30. The lowest BCUT2D eigenvalue weighted by Crippen LogP contribution is -2.23. The fourth-order valence-corrected chi connectivity index (χ4v) is 2.74. The minimum atomic E-state index is -4.44. The first-order valence-electron chi connectivity index (χ1n) is 6.64. The number of aromatic nitrogens is 2. The number of carbonyl (C=O) groups is 1. The number of nitrogens with zero attached hydrogens (tertiary/aromatic N) is 2. The Balaban J connectivity index is 2.21. The van der Waals surface area contributed by atoms with Gasteiger partial charge >= 0.3 is 6.18 Å². The lowest BCUT2D eigenvalue weighted by Gasteiger charge is -2.10. The third kappa shape index (κ3) is 4.25. The summed E-state index contributed by atoms with van der Waals surface area (Å²) in [4.78, 5) is 15.2. The van der Waals surface area contributed by atoms with E-state index in [0.29, 0.717) is 0 Å². The molecule has 124 valence electrons. The molecule has 0 saturated heterocycles. The molecule has 0 unspecified atom stereocenters. The van der Waals surface area contributed by atoms with Crippen LogP contribution in [0.4, 0.5) is 13.2 Å². The predicted molar refractivity (Wildman–Crippen MR) is 79.4 cm³/mol. The number of hydrogen-bond donors (Lipinski definition) is 1. The number of primary amides is 1. The van der Waals surface area contributed by atoms with E-state index in [0.717, 1.165) is 12.1 Å². The highest BCUT2D eigenvalue weighted by atomic mass is 32.2. The van der Waals surface area contributed by atoms with Gasteiger partial charge in [0.1, 0.15) is 0 Å². The molecule has 1 aromatic heterocycles. The van der Waals surface area contributed by atoms with Crippen molar-refractivity contribution in [2.24, 2.45) is 5.73 Å². The zero-order valence-corrected chi connectivity index (χ0v) is 13.1. The molecule has 0 radical (unpaired) electrons. The summed E-state index contributed by atoms with van der Waals surface area (Å²) in [6.45, 7) is 3.39. The van der Waals surface area contributed by atoms with E-state index in [2.05, 4.69) is 10.1 Å². The van der Waals surface area contributed by atoms with Gasteiger partial charge in [0.2, 0.25) is 17.6 Å². The van der Waals surface area contributed by atoms with Crippen molar-refractivity contribution in [3.8, 4) is 11.4 Å². The van der Waals surface area contributed by atoms with E-state index in [1.165, 1.54) is 23.9 Å². The molecule has 0 fully saturated rings. The third-order valence-electron chi connectivity index (χ3n) is 3.05. The maximum atomic E-state index is 12.7. The van der Waals surface area contributed by atoms with Gasteiger partial charge in [-0.25, -0.2) is 0 Å². The Kier molecular flexibility index (Phi) is 4.98. The molecule has 1 aromatic carbocycles. The maximum Gasteiger partial charge on any atom is 0.416 e. The van der Waals surface area contributed by atoms with Gasteiger partial charge in [-0.15, -0.1) is 11.8 Å². The molecule has 0 saturated carbocycles. The summed E-state index contributed by atoms with van der Waals surface area (Å²) in [5, 5.41) is 2.93. The van der Waals surface area contributed by atoms with Crippen LogP contribution in [0, 0.1) is 0 Å².